The molecule has 0 unspecified atom stereocenters. The van der Waals surface area contributed by atoms with Gasteiger partial charge in [-0.15, -0.1) is 11.3 Å². The van der Waals surface area contributed by atoms with Crippen LogP contribution in [0.15, 0.2) is 45.1 Å². The predicted octanol–water partition coefficient (Wildman–Crippen LogP) is 2.41. The summed E-state index contributed by atoms with van der Waals surface area (Å²) in [4.78, 5) is 24.1. The second kappa shape index (κ2) is 8.91. The highest BCUT2D eigenvalue weighted by molar-refractivity contribution is 9.11. The van der Waals surface area contributed by atoms with Gasteiger partial charge in [0.15, 0.2) is 0 Å². The van der Waals surface area contributed by atoms with Crippen molar-refractivity contribution >= 4 is 49.1 Å². The largest absolute Gasteiger partial charge is 0.279 e. The molecule has 0 bridgehead atoms. The van der Waals surface area contributed by atoms with E-state index in [0.29, 0.717) is 4.88 Å². The summed E-state index contributed by atoms with van der Waals surface area (Å²) in [5.74, 6) is -2.70. The van der Waals surface area contributed by atoms with Crippen LogP contribution in [-0.4, -0.2) is 26.3 Å². The van der Waals surface area contributed by atoms with Gasteiger partial charge >= 0.3 is 0 Å². The van der Waals surface area contributed by atoms with Crippen molar-refractivity contribution in [3.63, 3.8) is 0 Å². The van der Waals surface area contributed by atoms with Gasteiger partial charge in [0.05, 0.1) is 8.66 Å². The Morgan fingerprint density at radius 3 is 2.33 bits per heavy atom. The summed E-state index contributed by atoms with van der Waals surface area (Å²) < 4.78 is 41.6. The van der Waals surface area contributed by atoms with Crippen LogP contribution in [0.1, 0.15) is 23.5 Å². The maximum Gasteiger partial charge on any atom is 0.279 e. The van der Waals surface area contributed by atoms with E-state index in [1.165, 1.54) is 23.5 Å². The molecule has 0 saturated carbocycles. The second-order valence-electron chi connectivity index (χ2n) is 5.82. The zero-order valence-corrected chi connectivity index (χ0v) is 17.5. The number of hydrogen-bond donors (Lipinski definition) is 3. The Balaban J connectivity index is 2.09. The minimum absolute atomic E-state index is 0.357. The smallest absolute Gasteiger partial charge is 0.271 e. The Morgan fingerprint density at radius 2 is 1.78 bits per heavy atom. The Kier molecular flexibility index (Phi) is 7.09. The van der Waals surface area contributed by atoms with E-state index in [2.05, 4.69) is 31.5 Å². The van der Waals surface area contributed by atoms with Crippen LogP contribution in [0.25, 0.3) is 0 Å². The van der Waals surface area contributed by atoms with Crippen molar-refractivity contribution in [1.82, 2.24) is 15.6 Å². The van der Waals surface area contributed by atoms with Gasteiger partial charge in [0.1, 0.15) is 16.8 Å². The fraction of sp³-hybridized carbons (Fsp3) is 0.250. The molecule has 0 aliphatic carbocycles. The monoisotopic (exact) mass is 477 g/mol. The highest BCUT2D eigenvalue weighted by Crippen LogP contribution is 2.21. The van der Waals surface area contributed by atoms with Gasteiger partial charge in [-0.25, -0.2) is 12.8 Å². The van der Waals surface area contributed by atoms with E-state index in [1.54, 1.807) is 26.0 Å². The third-order valence-electron chi connectivity index (χ3n) is 3.45. The summed E-state index contributed by atoms with van der Waals surface area (Å²) >= 11 is 4.40. The molecule has 11 heteroatoms. The van der Waals surface area contributed by atoms with E-state index in [-0.39, 0.29) is 0 Å². The molecule has 7 nitrogen and oxygen atoms in total. The second-order valence-corrected chi connectivity index (χ2v) is 9.97. The SMILES string of the molecule is CC(C)[C@H](NS(=O)(=O)c1ccccc1F)C(=O)NNC(=O)c1ccc(Br)s1. The first-order valence-electron chi connectivity index (χ1n) is 7.74. The van der Waals surface area contributed by atoms with E-state index in [0.717, 1.165) is 15.9 Å². The molecule has 2 rings (SSSR count). The lowest BCUT2D eigenvalue weighted by Gasteiger charge is -2.21. The Morgan fingerprint density at radius 1 is 1.11 bits per heavy atom. The third-order valence-corrected chi connectivity index (χ3v) is 6.55. The molecule has 146 valence electrons. The van der Waals surface area contributed by atoms with Crippen molar-refractivity contribution < 1.29 is 22.4 Å². The number of thiophene rings is 1. The first-order valence-corrected chi connectivity index (χ1v) is 10.8. The maximum atomic E-state index is 13.8. The number of amides is 2. The standard InChI is InChI=1S/C16H17BrFN3O4S2/c1-9(2)14(21-27(24,25)12-6-4-3-5-10(12)18)16(23)20-19-15(22)11-7-8-13(17)26-11/h3-9,14,21H,1-2H3,(H,19,22)(H,20,23)/t14-/m0/s1. The zero-order valence-electron chi connectivity index (χ0n) is 14.3. The molecule has 0 radical (unpaired) electrons. The molecule has 1 heterocycles. The molecule has 1 aromatic carbocycles. The molecule has 0 spiro atoms. The Bertz CT molecular complexity index is 947. The van der Waals surface area contributed by atoms with Crippen LogP contribution in [0.4, 0.5) is 4.39 Å². The van der Waals surface area contributed by atoms with Gasteiger partial charge in [0, 0.05) is 0 Å². The number of hydrazine groups is 1. The fourth-order valence-corrected chi connectivity index (χ4v) is 4.78. The van der Waals surface area contributed by atoms with Crippen molar-refractivity contribution in [2.45, 2.75) is 24.8 Å². The topological polar surface area (TPSA) is 104 Å². The van der Waals surface area contributed by atoms with E-state index in [1.807, 2.05) is 0 Å². The van der Waals surface area contributed by atoms with E-state index in [4.69, 9.17) is 0 Å². The lowest BCUT2D eigenvalue weighted by atomic mass is 10.1. The van der Waals surface area contributed by atoms with Crippen molar-refractivity contribution in [3.8, 4) is 0 Å². The molecule has 1 aromatic heterocycles. The molecular formula is C16H17BrFN3O4S2. The summed E-state index contributed by atoms with van der Waals surface area (Å²) in [5, 5.41) is 0. The molecule has 0 fully saturated rings. The first-order chi connectivity index (χ1) is 12.6. The molecular weight excluding hydrogens is 461 g/mol. The van der Waals surface area contributed by atoms with Gasteiger partial charge in [-0.1, -0.05) is 26.0 Å². The number of halogens is 2. The summed E-state index contributed by atoms with van der Waals surface area (Å²) in [5.41, 5.74) is 4.42. The van der Waals surface area contributed by atoms with Crippen LogP contribution in [0, 0.1) is 11.7 Å². The number of sulfonamides is 1. The predicted molar refractivity (Wildman–Crippen MR) is 103 cm³/mol. The van der Waals surface area contributed by atoms with Crippen LogP contribution in [-0.2, 0) is 14.8 Å². The molecule has 0 aliphatic heterocycles. The summed E-state index contributed by atoms with van der Waals surface area (Å²) in [6.07, 6.45) is 0. The van der Waals surface area contributed by atoms with Crippen LogP contribution in [0.5, 0.6) is 0 Å². The minimum Gasteiger partial charge on any atom is -0.271 e. The van der Waals surface area contributed by atoms with Crippen molar-refractivity contribution in [2.24, 2.45) is 5.92 Å². The van der Waals surface area contributed by atoms with Gasteiger partial charge in [0.2, 0.25) is 10.0 Å². The van der Waals surface area contributed by atoms with Crippen molar-refractivity contribution in [2.75, 3.05) is 0 Å². The molecule has 2 aromatic rings. The molecule has 1 atom stereocenters. The highest BCUT2D eigenvalue weighted by Gasteiger charge is 2.30. The van der Waals surface area contributed by atoms with Crippen LogP contribution in [0.2, 0.25) is 0 Å². The average Bonchev–Trinajstić information content (AvgIpc) is 3.04. The molecule has 27 heavy (non-hydrogen) atoms. The zero-order chi connectivity index (χ0) is 20.2. The third kappa shape index (κ3) is 5.58. The molecule has 2 amide bonds. The first kappa shape index (κ1) is 21.5. The quantitative estimate of drug-likeness (QED) is 0.555. The number of nitrogens with one attached hydrogen (secondary N) is 3. The number of carbonyl (C=O) groups is 2. The number of benzene rings is 1. The lowest BCUT2D eigenvalue weighted by Crippen LogP contribution is -2.54. The Hall–Kier alpha value is -1.82. The van der Waals surface area contributed by atoms with Crippen LogP contribution < -0.4 is 15.6 Å². The Labute approximate surface area is 168 Å². The lowest BCUT2D eigenvalue weighted by molar-refractivity contribution is -0.124. The van der Waals surface area contributed by atoms with E-state index >= 15 is 0 Å². The summed E-state index contributed by atoms with van der Waals surface area (Å²) in [7, 11) is -4.27. The van der Waals surface area contributed by atoms with Crippen molar-refractivity contribution in [1.29, 1.82) is 0 Å². The highest BCUT2D eigenvalue weighted by atomic mass is 79.9. The van der Waals surface area contributed by atoms with Gasteiger partial charge in [-0.3, -0.25) is 20.4 Å². The maximum absolute atomic E-state index is 13.8. The normalized spacial score (nSPS) is 12.6. The van der Waals surface area contributed by atoms with Crippen molar-refractivity contribution in [3.05, 3.63) is 50.9 Å². The van der Waals surface area contributed by atoms with Crippen LogP contribution in [0.3, 0.4) is 0 Å². The number of carbonyl (C=O) groups excluding carboxylic acids is 2. The fourth-order valence-electron chi connectivity index (χ4n) is 2.08. The van der Waals surface area contributed by atoms with Gasteiger partial charge in [0.25, 0.3) is 11.8 Å². The summed E-state index contributed by atoms with van der Waals surface area (Å²) in [6, 6.07) is 6.88. The minimum atomic E-state index is -4.27. The van der Waals surface area contributed by atoms with Crippen LogP contribution >= 0.6 is 27.3 Å². The number of hydrogen-bond acceptors (Lipinski definition) is 5. The molecule has 0 saturated heterocycles. The van der Waals surface area contributed by atoms with E-state index < -0.39 is 44.5 Å². The average molecular weight is 478 g/mol. The van der Waals surface area contributed by atoms with Gasteiger partial charge in [-0.2, -0.15) is 4.72 Å². The van der Waals surface area contributed by atoms with E-state index in [9.17, 15) is 22.4 Å². The molecule has 3 N–H and O–H groups in total. The molecule has 0 aliphatic rings. The van der Waals surface area contributed by atoms with Gasteiger partial charge in [-0.05, 0) is 46.1 Å². The van der Waals surface area contributed by atoms with Gasteiger partial charge < -0.3 is 0 Å². The summed E-state index contributed by atoms with van der Waals surface area (Å²) in [6.45, 7) is 3.23. The number of rotatable bonds is 6.